The van der Waals surface area contributed by atoms with Crippen molar-refractivity contribution in [3.8, 4) is 5.69 Å². The third kappa shape index (κ3) is 3.02. The Morgan fingerprint density at radius 1 is 1.22 bits per heavy atom. The molecule has 2 bridgehead atoms. The average Bonchev–Trinajstić information content (AvgIpc) is 3.25. The number of benzene rings is 1. The molecule has 140 valence electrons. The van der Waals surface area contributed by atoms with Gasteiger partial charge in [-0.2, -0.15) is 5.10 Å². The van der Waals surface area contributed by atoms with E-state index in [1.54, 1.807) is 10.9 Å². The number of carbonyl (C=O) groups excluding carboxylic acids is 1. The second kappa shape index (κ2) is 6.51. The molecule has 5 rings (SSSR count). The molecule has 0 amide bonds. The summed E-state index contributed by atoms with van der Waals surface area (Å²) in [7, 11) is 1.88. The minimum Gasteiger partial charge on any atom is -0.459 e. The Labute approximate surface area is 156 Å². The van der Waals surface area contributed by atoms with Crippen LogP contribution in [0.3, 0.4) is 0 Å². The summed E-state index contributed by atoms with van der Waals surface area (Å²) in [6.07, 6.45) is 7.09. The molecule has 3 atom stereocenters. The average molecular weight is 366 g/mol. The number of morpholine rings is 1. The molecule has 0 unspecified atom stereocenters. The van der Waals surface area contributed by atoms with Gasteiger partial charge in [-0.15, -0.1) is 0 Å². The normalized spacial score (nSPS) is 24.9. The smallest absolute Gasteiger partial charge is 0.340 e. The van der Waals surface area contributed by atoms with Crippen LogP contribution in [0.15, 0.2) is 42.9 Å². The topological polar surface area (TPSA) is 70.3 Å². The molecule has 1 aromatic carbocycles. The molecule has 3 aromatic rings. The third-order valence-electron chi connectivity index (χ3n) is 5.38. The first-order valence-electron chi connectivity index (χ1n) is 9.31. The molecular formula is C20H22N4O3. The van der Waals surface area contributed by atoms with Crippen LogP contribution in [0, 0.1) is 0 Å². The molecule has 2 fully saturated rings. The van der Waals surface area contributed by atoms with Crippen LogP contribution in [0.25, 0.3) is 16.6 Å². The maximum absolute atomic E-state index is 13.0. The molecule has 0 aliphatic carbocycles. The molecule has 0 saturated carbocycles. The maximum Gasteiger partial charge on any atom is 0.340 e. The number of fused-ring (bicyclic) bond motifs is 3. The second-order valence-electron chi connectivity index (χ2n) is 7.40. The van der Waals surface area contributed by atoms with E-state index in [4.69, 9.17) is 9.47 Å². The van der Waals surface area contributed by atoms with Gasteiger partial charge in [0.2, 0.25) is 0 Å². The minimum absolute atomic E-state index is 0.0712. The van der Waals surface area contributed by atoms with Crippen LogP contribution in [0.5, 0.6) is 0 Å². The van der Waals surface area contributed by atoms with Crippen molar-refractivity contribution >= 4 is 16.9 Å². The number of carbonyl (C=O) groups is 1. The molecule has 7 heteroatoms. The van der Waals surface area contributed by atoms with Crippen LogP contribution >= 0.6 is 0 Å². The number of esters is 1. The lowest BCUT2D eigenvalue weighted by molar-refractivity contribution is -0.0339. The molecule has 2 aliphatic heterocycles. The highest BCUT2D eigenvalue weighted by atomic mass is 16.5. The SMILES string of the molecule is Cn1cc(-n2cc(C(=O)O[C@H]3C[C@H]4COC[C@@H](C3)N4)c3ccccc32)cn1. The number of para-hydroxylation sites is 1. The summed E-state index contributed by atoms with van der Waals surface area (Å²) >= 11 is 0. The van der Waals surface area contributed by atoms with E-state index in [0.29, 0.717) is 18.8 Å². The van der Waals surface area contributed by atoms with Gasteiger partial charge in [0.1, 0.15) is 6.10 Å². The fourth-order valence-corrected chi connectivity index (χ4v) is 4.18. The zero-order valence-corrected chi connectivity index (χ0v) is 15.2. The zero-order chi connectivity index (χ0) is 18.4. The Hall–Kier alpha value is -2.64. The quantitative estimate of drug-likeness (QED) is 0.719. The van der Waals surface area contributed by atoms with Crippen LogP contribution in [0.1, 0.15) is 23.2 Å². The van der Waals surface area contributed by atoms with Gasteiger partial charge in [-0.1, -0.05) is 18.2 Å². The number of hydrogen-bond donors (Lipinski definition) is 1. The Kier molecular flexibility index (Phi) is 3.98. The van der Waals surface area contributed by atoms with Crippen LogP contribution in [-0.2, 0) is 16.5 Å². The molecule has 1 N–H and O–H groups in total. The largest absolute Gasteiger partial charge is 0.459 e. The summed E-state index contributed by atoms with van der Waals surface area (Å²) < 4.78 is 15.2. The molecule has 7 nitrogen and oxygen atoms in total. The second-order valence-corrected chi connectivity index (χ2v) is 7.40. The van der Waals surface area contributed by atoms with Crippen LogP contribution < -0.4 is 5.32 Å². The summed E-state index contributed by atoms with van der Waals surface area (Å²) in [5, 5.41) is 8.66. The zero-order valence-electron chi connectivity index (χ0n) is 15.2. The predicted octanol–water partition coefficient (Wildman–Crippen LogP) is 2.04. The van der Waals surface area contributed by atoms with Crippen molar-refractivity contribution in [2.45, 2.75) is 31.0 Å². The van der Waals surface area contributed by atoms with Crippen molar-refractivity contribution in [2.75, 3.05) is 13.2 Å². The lowest BCUT2D eigenvalue weighted by Gasteiger charge is -2.39. The van der Waals surface area contributed by atoms with Crippen molar-refractivity contribution in [3.63, 3.8) is 0 Å². The number of rotatable bonds is 3. The predicted molar refractivity (Wildman–Crippen MR) is 100 cm³/mol. The molecular weight excluding hydrogens is 344 g/mol. The molecule has 4 heterocycles. The van der Waals surface area contributed by atoms with Crippen molar-refractivity contribution in [1.82, 2.24) is 19.7 Å². The van der Waals surface area contributed by atoms with Crippen LogP contribution in [0.2, 0.25) is 0 Å². The Morgan fingerprint density at radius 2 is 2.00 bits per heavy atom. The first-order valence-corrected chi connectivity index (χ1v) is 9.31. The number of piperidine rings is 1. The summed E-state index contributed by atoms with van der Waals surface area (Å²) in [6, 6.07) is 8.42. The van der Waals surface area contributed by atoms with E-state index in [-0.39, 0.29) is 24.2 Å². The Morgan fingerprint density at radius 3 is 2.74 bits per heavy atom. The summed E-state index contributed by atoms with van der Waals surface area (Å²) in [4.78, 5) is 13.0. The number of hydrogen-bond acceptors (Lipinski definition) is 5. The Bertz CT molecular complexity index is 980. The lowest BCUT2D eigenvalue weighted by Crippen LogP contribution is -2.56. The third-order valence-corrected chi connectivity index (χ3v) is 5.38. The maximum atomic E-state index is 13.0. The number of aryl methyl sites for hydroxylation is 1. The van der Waals surface area contributed by atoms with E-state index in [1.165, 1.54) is 0 Å². The standard InChI is InChI=1S/C20H22N4O3/c1-23-9-15(8-21-23)24-10-18(17-4-2-3-5-19(17)24)20(25)27-16-6-13-11-26-12-14(7-16)22-13/h2-5,8-10,13-14,16,22H,6-7,11-12H2,1H3/t13-,14+,16-. The van der Waals surface area contributed by atoms with E-state index in [0.717, 1.165) is 29.4 Å². The first kappa shape index (κ1) is 16.5. The molecule has 2 aliphatic rings. The van der Waals surface area contributed by atoms with Gasteiger partial charge >= 0.3 is 5.97 Å². The van der Waals surface area contributed by atoms with Gasteiger partial charge in [0, 0.05) is 49.8 Å². The van der Waals surface area contributed by atoms with Crippen molar-refractivity contribution in [2.24, 2.45) is 7.05 Å². The number of aromatic nitrogens is 3. The van der Waals surface area contributed by atoms with Gasteiger partial charge in [-0.25, -0.2) is 4.79 Å². The molecule has 27 heavy (non-hydrogen) atoms. The highest BCUT2D eigenvalue weighted by Crippen LogP contribution is 2.27. The fraction of sp³-hybridized carbons (Fsp3) is 0.400. The first-order chi connectivity index (χ1) is 13.2. The van der Waals surface area contributed by atoms with Crippen molar-refractivity contribution in [3.05, 3.63) is 48.4 Å². The van der Waals surface area contributed by atoms with E-state index >= 15 is 0 Å². The number of ether oxygens (including phenoxy) is 2. The van der Waals surface area contributed by atoms with Crippen molar-refractivity contribution in [1.29, 1.82) is 0 Å². The van der Waals surface area contributed by atoms with Gasteiger partial charge < -0.3 is 19.4 Å². The molecule has 2 saturated heterocycles. The van der Waals surface area contributed by atoms with Gasteiger partial charge in [-0.3, -0.25) is 4.68 Å². The van der Waals surface area contributed by atoms with Crippen LogP contribution in [-0.4, -0.2) is 51.7 Å². The van der Waals surface area contributed by atoms with Gasteiger partial charge in [0.25, 0.3) is 0 Å². The lowest BCUT2D eigenvalue weighted by atomic mass is 9.94. The van der Waals surface area contributed by atoms with Crippen molar-refractivity contribution < 1.29 is 14.3 Å². The minimum atomic E-state index is -0.264. The highest BCUT2D eigenvalue weighted by molar-refractivity contribution is 6.05. The summed E-state index contributed by atoms with van der Waals surface area (Å²) in [5.74, 6) is -0.264. The molecule has 0 radical (unpaired) electrons. The highest BCUT2D eigenvalue weighted by Gasteiger charge is 2.34. The molecule has 0 spiro atoms. The fourth-order valence-electron chi connectivity index (χ4n) is 4.18. The monoisotopic (exact) mass is 366 g/mol. The van der Waals surface area contributed by atoms with E-state index < -0.39 is 0 Å². The van der Waals surface area contributed by atoms with Crippen LogP contribution in [0.4, 0.5) is 0 Å². The summed E-state index contributed by atoms with van der Waals surface area (Å²) in [5.41, 5.74) is 2.48. The van der Waals surface area contributed by atoms with E-state index in [2.05, 4.69) is 10.4 Å². The Balaban J connectivity index is 1.45. The van der Waals surface area contributed by atoms with Gasteiger partial charge in [0.15, 0.2) is 0 Å². The number of nitrogens with one attached hydrogen (secondary N) is 1. The molecule has 2 aromatic heterocycles. The van der Waals surface area contributed by atoms with E-state index in [1.807, 2.05) is 48.3 Å². The number of nitrogens with zero attached hydrogens (tertiary/aromatic N) is 3. The van der Waals surface area contributed by atoms with Gasteiger partial charge in [-0.05, 0) is 6.07 Å². The van der Waals surface area contributed by atoms with E-state index in [9.17, 15) is 4.79 Å². The van der Waals surface area contributed by atoms with Gasteiger partial charge in [0.05, 0.1) is 36.2 Å². The summed E-state index contributed by atoms with van der Waals surface area (Å²) in [6.45, 7) is 1.37.